The first-order chi connectivity index (χ1) is 10.5. The Labute approximate surface area is 132 Å². The van der Waals surface area contributed by atoms with Gasteiger partial charge >= 0.3 is 0 Å². The molecule has 126 valence electrons. The number of carbonyl (C=O) groups excluding carboxylic acids is 2. The second-order valence-corrected chi connectivity index (χ2v) is 6.78. The number of morpholine rings is 1. The van der Waals surface area contributed by atoms with Crippen molar-refractivity contribution in [3.05, 3.63) is 0 Å². The zero-order valence-corrected chi connectivity index (χ0v) is 13.8. The topological polar surface area (TPSA) is 75.9 Å². The van der Waals surface area contributed by atoms with Gasteiger partial charge in [0.05, 0.1) is 19.1 Å². The van der Waals surface area contributed by atoms with Gasteiger partial charge in [-0.15, -0.1) is 0 Å². The summed E-state index contributed by atoms with van der Waals surface area (Å²) in [5.41, 5.74) is 5.24. The second-order valence-electron chi connectivity index (χ2n) is 6.78. The molecule has 6 heteroatoms. The summed E-state index contributed by atoms with van der Waals surface area (Å²) in [4.78, 5) is 27.6. The quantitative estimate of drug-likeness (QED) is 0.807. The maximum Gasteiger partial charge on any atom is 0.225 e. The molecule has 2 rings (SSSR count). The molecule has 0 aromatic carbocycles. The predicted octanol–water partition coefficient (Wildman–Crippen LogP) is 0.600. The lowest BCUT2D eigenvalue weighted by Crippen LogP contribution is -2.48. The van der Waals surface area contributed by atoms with Crippen molar-refractivity contribution in [2.45, 2.75) is 51.7 Å². The molecule has 0 spiro atoms. The lowest BCUT2D eigenvalue weighted by Gasteiger charge is -2.37. The van der Waals surface area contributed by atoms with Gasteiger partial charge in [-0.3, -0.25) is 14.5 Å². The summed E-state index contributed by atoms with van der Waals surface area (Å²) >= 11 is 0. The third kappa shape index (κ3) is 4.95. The number of rotatable bonds is 5. The summed E-state index contributed by atoms with van der Waals surface area (Å²) in [6.07, 6.45) is 2.66. The molecule has 2 N–H and O–H groups in total. The fraction of sp³-hybridized carbons (Fsp3) is 0.875. The monoisotopic (exact) mass is 311 g/mol. The van der Waals surface area contributed by atoms with E-state index >= 15 is 0 Å². The number of nitrogens with zero attached hydrogens (tertiary/aromatic N) is 2. The molecule has 2 aliphatic heterocycles. The number of primary amides is 1. The minimum atomic E-state index is -0.242. The van der Waals surface area contributed by atoms with Crippen LogP contribution in [0.1, 0.15) is 39.5 Å². The highest BCUT2D eigenvalue weighted by Gasteiger charge is 2.28. The standard InChI is InChI=1S/C16H29N3O3/c1-12(2)19-7-8-22-14(11-19)10-16(21)18-5-3-13(4-6-18)9-15(17)20/h12-14H,3-11H2,1-2H3,(H2,17,20). The highest BCUT2D eigenvalue weighted by atomic mass is 16.5. The SMILES string of the molecule is CC(C)N1CCOC(CC(=O)N2CCC(CC(N)=O)CC2)C1. The maximum atomic E-state index is 12.4. The van der Waals surface area contributed by atoms with Crippen LogP contribution < -0.4 is 5.73 Å². The third-order valence-electron chi connectivity index (χ3n) is 4.76. The first-order valence-corrected chi connectivity index (χ1v) is 8.37. The summed E-state index contributed by atoms with van der Waals surface area (Å²) in [6, 6.07) is 0.492. The molecule has 0 radical (unpaired) electrons. The molecular weight excluding hydrogens is 282 g/mol. The number of hydrogen-bond donors (Lipinski definition) is 1. The molecule has 0 aliphatic carbocycles. The van der Waals surface area contributed by atoms with E-state index in [1.807, 2.05) is 4.90 Å². The largest absolute Gasteiger partial charge is 0.375 e. The maximum absolute atomic E-state index is 12.4. The van der Waals surface area contributed by atoms with Crippen LogP contribution in [0.4, 0.5) is 0 Å². The molecule has 0 bridgehead atoms. The molecular formula is C16H29N3O3. The lowest BCUT2D eigenvalue weighted by atomic mass is 9.93. The van der Waals surface area contributed by atoms with Crippen LogP contribution in [0, 0.1) is 5.92 Å². The van der Waals surface area contributed by atoms with Crippen molar-refractivity contribution >= 4 is 11.8 Å². The van der Waals surface area contributed by atoms with Crippen molar-refractivity contribution in [3.63, 3.8) is 0 Å². The van der Waals surface area contributed by atoms with Gasteiger partial charge in [0.15, 0.2) is 0 Å². The highest BCUT2D eigenvalue weighted by Crippen LogP contribution is 2.21. The Morgan fingerprint density at radius 1 is 1.18 bits per heavy atom. The number of ether oxygens (including phenoxy) is 1. The molecule has 6 nitrogen and oxygen atoms in total. The number of piperidine rings is 1. The molecule has 22 heavy (non-hydrogen) atoms. The number of amides is 2. The summed E-state index contributed by atoms with van der Waals surface area (Å²) < 4.78 is 5.74. The van der Waals surface area contributed by atoms with Crippen LogP contribution in [0.15, 0.2) is 0 Å². The second kappa shape index (κ2) is 7.92. The van der Waals surface area contributed by atoms with Crippen molar-refractivity contribution in [2.24, 2.45) is 11.7 Å². The fourth-order valence-corrected chi connectivity index (χ4v) is 3.33. The van der Waals surface area contributed by atoms with Crippen molar-refractivity contribution in [1.29, 1.82) is 0 Å². The smallest absolute Gasteiger partial charge is 0.225 e. The first kappa shape index (κ1) is 17.2. The molecule has 0 aromatic rings. The van der Waals surface area contributed by atoms with Crippen molar-refractivity contribution in [3.8, 4) is 0 Å². The average Bonchev–Trinajstić information content (AvgIpc) is 2.47. The van der Waals surface area contributed by atoms with Crippen LogP contribution >= 0.6 is 0 Å². The van der Waals surface area contributed by atoms with Gasteiger partial charge in [-0.1, -0.05) is 0 Å². The summed E-state index contributed by atoms with van der Waals surface area (Å²) in [5.74, 6) is 0.270. The normalized spacial score (nSPS) is 24.7. The number of likely N-dealkylation sites (tertiary alicyclic amines) is 1. The predicted molar refractivity (Wildman–Crippen MR) is 84.2 cm³/mol. The van der Waals surface area contributed by atoms with E-state index in [1.165, 1.54) is 0 Å². The van der Waals surface area contributed by atoms with Gasteiger partial charge in [-0.2, -0.15) is 0 Å². The van der Waals surface area contributed by atoms with E-state index in [0.29, 0.717) is 31.4 Å². The van der Waals surface area contributed by atoms with Gasteiger partial charge in [-0.05, 0) is 32.6 Å². The highest BCUT2D eigenvalue weighted by molar-refractivity contribution is 5.77. The first-order valence-electron chi connectivity index (χ1n) is 8.37. The Morgan fingerprint density at radius 2 is 1.86 bits per heavy atom. The minimum Gasteiger partial charge on any atom is -0.375 e. The Hall–Kier alpha value is -1.14. The molecule has 2 amide bonds. The Bertz CT molecular complexity index is 392. The zero-order valence-electron chi connectivity index (χ0n) is 13.8. The minimum absolute atomic E-state index is 0.00648. The van der Waals surface area contributed by atoms with Crippen LogP contribution in [0.25, 0.3) is 0 Å². The van der Waals surface area contributed by atoms with E-state index in [9.17, 15) is 9.59 Å². The number of carbonyl (C=O) groups is 2. The molecule has 2 aliphatic rings. The number of hydrogen-bond acceptors (Lipinski definition) is 4. The molecule has 1 atom stereocenters. The van der Waals surface area contributed by atoms with Crippen LogP contribution in [0.5, 0.6) is 0 Å². The molecule has 0 aromatic heterocycles. The Kier molecular flexibility index (Phi) is 6.20. The van der Waals surface area contributed by atoms with Crippen LogP contribution in [-0.4, -0.2) is 66.5 Å². The third-order valence-corrected chi connectivity index (χ3v) is 4.76. The van der Waals surface area contributed by atoms with Gasteiger partial charge in [-0.25, -0.2) is 0 Å². The van der Waals surface area contributed by atoms with Gasteiger partial charge in [0.25, 0.3) is 0 Å². The summed E-state index contributed by atoms with van der Waals surface area (Å²) in [7, 11) is 0. The van der Waals surface area contributed by atoms with E-state index in [2.05, 4.69) is 18.7 Å². The Morgan fingerprint density at radius 3 is 2.45 bits per heavy atom. The average molecular weight is 311 g/mol. The molecule has 2 saturated heterocycles. The Balaban J connectivity index is 1.75. The summed E-state index contributed by atoms with van der Waals surface area (Å²) in [6.45, 7) is 8.30. The molecule has 0 saturated carbocycles. The van der Waals surface area contributed by atoms with Crippen LogP contribution in [0.2, 0.25) is 0 Å². The van der Waals surface area contributed by atoms with E-state index in [4.69, 9.17) is 10.5 Å². The molecule has 1 unspecified atom stereocenters. The van der Waals surface area contributed by atoms with Gasteiger partial charge in [0.2, 0.25) is 11.8 Å². The van der Waals surface area contributed by atoms with Gasteiger partial charge in [0.1, 0.15) is 0 Å². The van der Waals surface area contributed by atoms with Gasteiger partial charge in [0, 0.05) is 38.6 Å². The van der Waals surface area contributed by atoms with Crippen molar-refractivity contribution in [2.75, 3.05) is 32.8 Å². The summed E-state index contributed by atoms with van der Waals surface area (Å²) in [5, 5.41) is 0. The van der Waals surface area contributed by atoms with Crippen LogP contribution in [0.3, 0.4) is 0 Å². The van der Waals surface area contributed by atoms with E-state index < -0.39 is 0 Å². The zero-order chi connectivity index (χ0) is 16.1. The fourth-order valence-electron chi connectivity index (χ4n) is 3.33. The van der Waals surface area contributed by atoms with Gasteiger partial charge < -0.3 is 15.4 Å². The molecule has 2 heterocycles. The van der Waals surface area contributed by atoms with E-state index in [1.54, 1.807) is 0 Å². The lowest BCUT2D eigenvalue weighted by molar-refractivity contribution is -0.138. The van der Waals surface area contributed by atoms with E-state index in [-0.39, 0.29) is 17.9 Å². The number of nitrogens with two attached hydrogens (primary N) is 1. The molecule has 2 fully saturated rings. The van der Waals surface area contributed by atoms with Crippen LogP contribution in [-0.2, 0) is 14.3 Å². The van der Waals surface area contributed by atoms with Crippen molar-refractivity contribution < 1.29 is 14.3 Å². The van der Waals surface area contributed by atoms with Crippen molar-refractivity contribution in [1.82, 2.24) is 9.80 Å². The van der Waals surface area contributed by atoms with E-state index in [0.717, 1.165) is 39.0 Å².